The summed E-state index contributed by atoms with van der Waals surface area (Å²) in [4.78, 5) is 24.3. The van der Waals surface area contributed by atoms with Gasteiger partial charge in [0.25, 0.3) is 5.91 Å². The van der Waals surface area contributed by atoms with Gasteiger partial charge in [-0.05, 0) is 42.8 Å². The highest BCUT2D eigenvalue weighted by atomic mass is 32.2. The number of aryl methyl sites for hydroxylation is 1. The molecule has 0 aliphatic rings. The van der Waals surface area contributed by atoms with Crippen LogP contribution in [0.3, 0.4) is 0 Å². The van der Waals surface area contributed by atoms with Crippen LogP contribution in [0.5, 0.6) is 0 Å². The van der Waals surface area contributed by atoms with Crippen LogP contribution in [-0.4, -0.2) is 44.8 Å². The van der Waals surface area contributed by atoms with Crippen LogP contribution >= 0.6 is 0 Å². The Morgan fingerprint density at radius 3 is 2.29 bits per heavy atom. The third kappa shape index (κ3) is 4.58. The maximum absolute atomic E-state index is 12.8. The number of nitrogens with zero attached hydrogens (tertiary/aromatic N) is 1. The van der Waals surface area contributed by atoms with Crippen LogP contribution in [0.25, 0.3) is 0 Å². The Morgan fingerprint density at radius 2 is 1.68 bits per heavy atom. The van der Waals surface area contributed by atoms with Crippen molar-refractivity contribution >= 4 is 27.6 Å². The van der Waals surface area contributed by atoms with Crippen molar-refractivity contribution in [2.45, 2.75) is 25.7 Å². The van der Waals surface area contributed by atoms with E-state index in [-0.39, 0.29) is 16.0 Å². The Labute approximate surface area is 165 Å². The first-order valence-corrected chi connectivity index (χ1v) is 10.3. The largest absolute Gasteiger partial charge is 0.465 e. The fourth-order valence-corrected chi connectivity index (χ4v) is 4.48. The van der Waals surface area contributed by atoms with Crippen LogP contribution in [0, 0.1) is 6.92 Å². The Balaban J connectivity index is 2.33. The van der Waals surface area contributed by atoms with E-state index in [1.807, 2.05) is 0 Å². The number of nitrogens with one attached hydrogen (secondary N) is 1. The lowest BCUT2D eigenvalue weighted by atomic mass is 10.1. The van der Waals surface area contributed by atoms with Gasteiger partial charge >= 0.3 is 5.97 Å². The molecule has 0 bridgehead atoms. The van der Waals surface area contributed by atoms with Crippen LogP contribution < -0.4 is 5.32 Å². The van der Waals surface area contributed by atoms with Gasteiger partial charge in [-0.2, -0.15) is 4.31 Å². The predicted octanol–water partition coefficient (Wildman–Crippen LogP) is 3.06. The molecule has 0 aromatic heterocycles. The molecule has 2 rings (SSSR count). The molecule has 0 fully saturated rings. The number of hydrogen-bond donors (Lipinski definition) is 1. The molecule has 0 saturated carbocycles. The van der Waals surface area contributed by atoms with Gasteiger partial charge in [0, 0.05) is 24.3 Å². The van der Waals surface area contributed by atoms with Gasteiger partial charge < -0.3 is 10.1 Å². The summed E-state index contributed by atoms with van der Waals surface area (Å²) < 4.78 is 31.7. The number of amides is 1. The van der Waals surface area contributed by atoms with Crippen molar-refractivity contribution in [1.82, 2.24) is 4.31 Å². The van der Waals surface area contributed by atoms with Crippen LogP contribution in [0.15, 0.2) is 47.4 Å². The highest BCUT2D eigenvalue weighted by molar-refractivity contribution is 7.89. The van der Waals surface area contributed by atoms with E-state index in [2.05, 4.69) is 10.1 Å². The summed E-state index contributed by atoms with van der Waals surface area (Å²) in [7, 11) is -2.39. The number of benzene rings is 2. The second-order valence-corrected chi connectivity index (χ2v) is 8.00. The predicted molar refractivity (Wildman–Crippen MR) is 107 cm³/mol. The van der Waals surface area contributed by atoms with E-state index in [1.165, 1.54) is 23.5 Å². The lowest BCUT2D eigenvalue weighted by Crippen LogP contribution is -2.31. The minimum Gasteiger partial charge on any atom is -0.465 e. The summed E-state index contributed by atoms with van der Waals surface area (Å²) in [6.45, 7) is 5.97. The van der Waals surface area contributed by atoms with Crippen molar-refractivity contribution in [3.63, 3.8) is 0 Å². The first-order chi connectivity index (χ1) is 13.2. The fraction of sp³-hybridized carbons (Fsp3) is 0.300. The number of methoxy groups -OCH3 is 1. The highest BCUT2D eigenvalue weighted by Gasteiger charge is 2.24. The summed E-state index contributed by atoms with van der Waals surface area (Å²) in [5.74, 6) is -1.00. The van der Waals surface area contributed by atoms with E-state index in [0.29, 0.717) is 24.3 Å². The highest BCUT2D eigenvalue weighted by Crippen LogP contribution is 2.24. The van der Waals surface area contributed by atoms with Crippen LogP contribution in [-0.2, 0) is 14.8 Å². The zero-order valence-electron chi connectivity index (χ0n) is 16.4. The molecule has 2 aromatic rings. The standard InChI is InChI=1S/C20H24N2O5S/c1-5-22(6-2)28(25,26)18-13-17(11-10-14(18)3)21-19(23)15-8-7-9-16(12-15)20(24)27-4/h7-13H,5-6H2,1-4H3,(H,21,23). The first-order valence-electron chi connectivity index (χ1n) is 8.85. The van der Waals surface area contributed by atoms with Crippen molar-refractivity contribution in [3.8, 4) is 0 Å². The summed E-state index contributed by atoms with van der Waals surface area (Å²) in [5, 5.41) is 2.68. The lowest BCUT2D eigenvalue weighted by Gasteiger charge is -2.20. The smallest absolute Gasteiger partial charge is 0.337 e. The van der Waals surface area contributed by atoms with Crippen molar-refractivity contribution in [1.29, 1.82) is 0 Å². The van der Waals surface area contributed by atoms with Gasteiger partial charge in [0.1, 0.15) is 0 Å². The molecule has 1 N–H and O–H groups in total. The maximum Gasteiger partial charge on any atom is 0.337 e. The molecule has 0 radical (unpaired) electrons. The van der Waals surface area contributed by atoms with Gasteiger partial charge in [-0.1, -0.05) is 26.0 Å². The zero-order chi connectivity index (χ0) is 20.9. The van der Waals surface area contributed by atoms with Gasteiger partial charge in [0.15, 0.2) is 0 Å². The van der Waals surface area contributed by atoms with E-state index in [9.17, 15) is 18.0 Å². The summed E-state index contributed by atoms with van der Waals surface area (Å²) in [6, 6.07) is 10.8. The maximum atomic E-state index is 12.8. The number of esters is 1. The number of hydrogen-bond acceptors (Lipinski definition) is 5. The summed E-state index contributed by atoms with van der Waals surface area (Å²) in [6.07, 6.45) is 0. The van der Waals surface area contributed by atoms with E-state index in [4.69, 9.17) is 0 Å². The Hall–Kier alpha value is -2.71. The Morgan fingerprint density at radius 1 is 1.04 bits per heavy atom. The molecule has 0 heterocycles. The molecular weight excluding hydrogens is 380 g/mol. The molecule has 2 aromatic carbocycles. The molecule has 7 nitrogen and oxygen atoms in total. The molecule has 0 atom stereocenters. The molecule has 1 amide bonds. The van der Waals surface area contributed by atoms with Crippen LogP contribution in [0.4, 0.5) is 5.69 Å². The molecular formula is C20H24N2O5S. The van der Waals surface area contributed by atoms with Crippen molar-refractivity contribution < 1.29 is 22.7 Å². The second kappa shape index (κ2) is 8.99. The molecule has 0 unspecified atom stereocenters. The number of ether oxygens (including phenoxy) is 1. The van der Waals surface area contributed by atoms with E-state index in [0.717, 1.165) is 0 Å². The van der Waals surface area contributed by atoms with Crippen LogP contribution in [0.1, 0.15) is 40.1 Å². The minimum absolute atomic E-state index is 0.150. The van der Waals surface area contributed by atoms with E-state index in [1.54, 1.807) is 51.1 Å². The topological polar surface area (TPSA) is 92.8 Å². The molecule has 0 saturated heterocycles. The molecule has 8 heteroatoms. The first kappa shape index (κ1) is 21.6. The number of carbonyl (C=O) groups is 2. The van der Waals surface area contributed by atoms with E-state index >= 15 is 0 Å². The third-order valence-electron chi connectivity index (χ3n) is 4.32. The van der Waals surface area contributed by atoms with Crippen LogP contribution in [0.2, 0.25) is 0 Å². The van der Waals surface area contributed by atoms with Gasteiger partial charge in [0.05, 0.1) is 17.6 Å². The SMILES string of the molecule is CCN(CC)S(=O)(=O)c1cc(NC(=O)c2cccc(C(=O)OC)c2)ccc1C. The number of carbonyl (C=O) groups excluding carboxylic acids is 2. The van der Waals surface area contributed by atoms with Crippen molar-refractivity contribution in [2.24, 2.45) is 0 Å². The number of anilines is 1. The van der Waals surface area contributed by atoms with Crippen molar-refractivity contribution in [3.05, 3.63) is 59.2 Å². The molecule has 0 spiro atoms. The fourth-order valence-electron chi connectivity index (χ4n) is 2.77. The molecule has 0 aliphatic carbocycles. The monoisotopic (exact) mass is 404 g/mol. The molecule has 28 heavy (non-hydrogen) atoms. The average molecular weight is 404 g/mol. The second-order valence-electron chi connectivity index (χ2n) is 6.10. The van der Waals surface area contributed by atoms with Crippen molar-refractivity contribution in [2.75, 3.05) is 25.5 Å². The number of sulfonamides is 1. The minimum atomic E-state index is -3.66. The normalized spacial score (nSPS) is 11.3. The van der Waals surface area contributed by atoms with E-state index < -0.39 is 21.9 Å². The summed E-state index contributed by atoms with van der Waals surface area (Å²) >= 11 is 0. The molecule has 150 valence electrons. The quantitative estimate of drug-likeness (QED) is 0.716. The average Bonchev–Trinajstić information content (AvgIpc) is 2.69. The van der Waals surface area contributed by atoms with Gasteiger partial charge in [-0.25, -0.2) is 13.2 Å². The zero-order valence-corrected chi connectivity index (χ0v) is 17.2. The molecule has 0 aliphatic heterocycles. The number of rotatable bonds is 7. The van der Waals surface area contributed by atoms with Gasteiger partial charge in [0.2, 0.25) is 10.0 Å². The van der Waals surface area contributed by atoms with Gasteiger partial charge in [-0.3, -0.25) is 4.79 Å². The Bertz CT molecular complexity index is 982. The summed E-state index contributed by atoms with van der Waals surface area (Å²) in [5.41, 5.74) is 1.46. The Kier molecular flexibility index (Phi) is 6.93. The lowest BCUT2D eigenvalue weighted by molar-refractivity contribution is 0.0600. The third-order valence-corrected chi connectivity index (χ3v) is 6.51. The van der Waals surface area contributed by atoms with Gasteiger partial charge in [-0.15, -0.1) is 0 Å².